The van der Waals surface area contributed by atoms with Crippen LogP contribution in [-0.4, -0.2) is 64.8 Å². The molecule has 12 heteroatoms. The lowest BCUT2D eigenvalue weighted by atomic mass is 9.90. The van der Waals surface area contributed by atoms with Crippen molar-refractivity contribution in [2.45, 2.75) is 56.6 Å². The standard InChI is InChI=1S/C32H31Cl2N3O6S/c33-22-2-1-3-23(34)26(22)27(35)21(29(38)16-4-5-16)14-43-24-13-18-12-20(24)30(39)37(18)32-36-28-19(15-6-8-42-9-7-15)10-17(31(40)41)11-25(28)44-32/h1-3,10-11,15-16,18,20,24,35,38H,4-9,12-14H2,(H,40,41)/b29-21-,35-27?/t18-,20+,24+/m0/s1. The summed E-state index contributed by atoms with van der Waals surface area (Å²) in [5.74, 6) is -1.18. The summed E-state index contributed by atoms with van der Waals surface area (Å²) in [6, 6.07) is 8.28. The van der Waals surface area contributed by atoms with E-state index in [0.29, 0.717) is 52.4 Å². The Kier molecular flexibility index (Phi) is 7.91. The zero-order valence-electron chi connectivity index (χ0n) is 23.7. The average Bonchev–Trinajstić information content (AvgIpc) is 3.53. The van der Waals surface area contributed by atoms with Gasteiger partial charge in [-0.2, -0.15) is 0 Å². The number of aromatic carboxylic acids is 1. The number of aliphatic hydroxyl groups excluding tert-OH is 1. The van der Waals surface area contributed by atoms with Gasteiger partial charge in [-0.05, 0) is 74.3 Å². The second-order valence-corrected chi connectivity index (χ2v) is 13.8. The minimum Gasteiger partial charge on any atom is -0.512 e. The molecule has 9 nitrogen and oxygen atoms in total. The first kappa shape index (κ1) is 29.7. The lowest BCUT2D eigenvalue weighted by Crippen LogP contribution is -2.43. The highest BCUT2D eigenvalue weighted by Gasteiger charge is 2.53. The van der Waals surface area contributed by atoms with Gasteiger partial charge in [0, 0.05) is 36.3 Å². The minimum atomic E-state index is -0.988. The van der Waals surface area contributed by atoms with Gasteiger partial charge in [0.05, 0.1) is 50.2 Å². The van der Waals surface area contributed by atoms with Crippen molar-refractivity contribution in [2.24, 2.45) is 11.8 Å². The Balaban J connectivity index is 1.11. The molecule has 0 radical (unpaired) electrons. The smallest absolute Gasteiger partial charge is 0.335 e. The molecule has 2 aliphatic carbocycles. The van der Waals surface area contributed by atoms with Gasteiger partial charge in [-0.1, -0.05) is 40.6 Å². The maximum atomic E-state index is 13.7. The summed E-state index contributed by atoms with van der Waals surface area (Å²) >= 11 is 14.1. The largest absolute Gasteiger partial charge is 0.512 e. The minimum absolute atomic E-state index is 0.0147. The second-order valence-electron chi connectivity index (χ2n) is 12.0. The third kappa shape index (κ3) is 5.30. The molecule has 4 fully saturated rings. The van der Waals surface area contributed by atoms with E-state index in [1.54, 1.807) is 35.2 Å². The first-order chi connectivity index (χ1) is 21.2. The van der Waals surface area contributed by atoms with E-state index in [0.717, 1.165) is 41.5 Å². The fourth-order valence-electron chi connectivity index (χ4n) is 6.78. The first-order valence-corrected chi connectivity index (χ1v) is 16.4. The molecule has 0 unspecified atom stereocenters. The Morgan fingerprint density at radius 1 is 1.11 bits per heavy atom. The highest BCUT2D eigenvalue weighted by atomic mass is 35.5. The van der Waals surface area contributed by atoms with Gasteiger partial charge in [0.1, 0.15) is 5.76 Å². The molecule has 3 heterocycles. The van der Waals surface area contributed by atoms with Gasteiger partial charge < -0.3 is 19.7 Å². The van der Waals surface area contributed by atoms with Gasteiger partial charge in [-0.25, -0.2) is 9.78 Å². The van der Waals surface area contributed by atoms with E-state index in [4.69, 9.17) is 43.1 Å². The molecule has 230 valence electrons. The van der Waals surface area contributed by atoms with Crippen LogP contribution < -0.4 is 4.90 Å². The Bertz CT molecular complexity index is 1690. The van der Waals surface area contributed by atoms with E-state index < -0.39 is 5.97 Å². The van der Waals surface area contributed by atoms with Crippen LogP contribution in [-0.2, 0) is 14.3 Å². The van der Waals surface area contributed by atoms with Crippen LogP contribution >= 0.6 is 34.5 Å². The Morgan fingerprint density at radius 3 is 2.50 bits per heavy atom. The number of ether oxygens (including phenoxy) is 2. The van der Waals surface area contributed by atoms with Crippen LogP contribution in [0.5, 0.6) is 0 Å². The van der Waals surface area contributed by atoms with E-state index in [1.807, 2.05) is 0 Å². The Hall–Kier alpha value is -3.02. The van der Waals surface area contributed by atoms with E-state index in [9.17, 15) is 19.8 Å². The molecule has 1 aromatic heterocycles. The van der Waals surface area contributed by atoms with Gasteiger partial charge >= 0.3 is 5.97 Å². The van der Waals surface area contributed by atoms with Crippen molar-refractivity contribution in [1.29, 1.82) is 5.41 Å². The highest BCUT2D eigenvalue weighted by molar-refractivity contribution is 7.22. The molecular formula is C32H31Cl2N3O6S. The third-order valence-corrected chi connectivity index (χ3v) is 10.9. The van der Waals surface area contributed by atoms with Crippen LogP contribution in [0.2, 0.25) is 10.0 Å². The van der Waals surface area contributed by atoms with Crippen molar-refractivity contribution in [3.63, 3.8) is 0 Å². The summed E-state index contributed by atoms with van der Waals surface area (Å²) in [7, 11) is 0. The Morgan fingerprint density at radius 2 is 1.84 bits per heavy atom. The number of piperidine rings is 1. The maximum Gasteiger partial charge on any atom is 0.335 e. The molecule has 2 aromatic carbocycles. The number of carbonyl (C=O) groups excluding carboxylic acids is 1. The number of benzene rings is 2. The number of hydrogen-bond acceptors (Lipinski definition) is 8. The number of carbonyl (C=O) groups is 2. The quantitative estimate of drug-likeness (QED) is 0.167. The van der Waals surface area contributed by atoms with E-state index in [-0.39, 0.29) is 59.4 Å². The van der Waals surface area contributed by atoms with Crippen LogP contribution in [0, 0.1) is 17.2 Å². The van der Waals surface area contributed by atoms with Crippen molar-refractivity contribution in [1.82, 2.24) is 4.98 Å². The molecule has 2 aliphatic heterocycles. The predicted molar refractivity (Wildman–Crippen MR) is 169 cm³/mol. The number of amides is 1. The topological polar surface area (TPSA) is 133 Å². The van der Waals surface area contributed by atoms with Gasteiger partial charge in [-0.3, -0.25) is 15.1 Å². The van der Waals surface area contributed by atoms with Gasteiger partial charge in [0.2, 0.25) is 5.91 Å². The molecule has 44 heavy (non-hydrogen) atoms. The number of aromatic nitrogens is 1. The van der Waals surface area contributed by atoms with Crippen LogP contribution in [0.15, 0.2) is 41.7 Å². The number of thiazole rings is 1. The van der Waals surface area contributed by atoms with Crippen molar-refractivity contribution in [3.8, 4) is 0 Å². The Labute approximate surface area is 267 Å². The molecular weight excluding hydrogens is 625 g/mol. The number of nitrogens with zero attached hydrogens (tertiary/aromatic N) is 2. The predicted octanol–water partition coefficient (Wildman–Crippen LogP) is 7.00. The van der Waals surface area contributed by atoms with Crippen molar-refractivity contribution >= 4 is 67.5 Å². The van der Waals surface area contributed by atoms with Crippen LogP contribution in [0.25, 0.3) is 10.2 Å². The SMILES string of the molecule is N=C(/C(CO[C@@H]1C[C@@H]2C[C@H]1C(=O)N2c1nc2c(C3CCOCC3)cc(C(=O)O)cc2s1)=C(\O)C1CC1)c1c(Cl)cccc1Cl. The summed E-state index contributed by atoms with van der Waals surface area (Å²) in [6.07, 6.45) is 4.12. The van der Waals surface area contributed by atoms with Crippen molar-refractivity contribution in [3.05, 3.63) is 68.4 Å². The summed E-state index contributed by atoms with van der Waals surface area (Å²) in [6.45, 7) is 1.21. The number of carboxylic acid groups (broad SMARTS) is 1. The van der Waals surface area contributed by atoms with Crippen LogP contribution in [0.1, 0.15) is 65.9 Å². The lowest BCUT2D eigenvalue weighted by molar-refractivity contribution is -0.125. The summed E-state index contributed by atoms with van der Waals surface area (Å²) < 4.78 is 12.6. The fourth-order valence-corrected chi connectivity index (χ4v) is 8.49. The summed E-state index contributed by atoms with van der Waals surface area (Å²) in [5, 5.41) is 30.9. The molecule has 2 saturated heterocycles. The maximum absolute atomic E-state index is 13.7. The number of rotatable bonds is 9. The van der Waals surface area contributed by atoms with E-state index in [1.165, 1.54) is 11.3 Å². The monoisotopic (exact) mass is 655 g/mol. The fraction of sp³-hybridized carbons (Fsp3) is 0.438. The highest BCUT2D eigenvalue weighted by Crippen LogP contribution is 2.47. The summed E-state index contributed by atoms with van der Waals surface area (Å²) in [4.78, 5) is 32.3. The molecule has 7 rings (SSSR count). The molecule has 1 amide bonds. The molecule has 3 N–H and O–H groups in total. The number of halogens is 2. The number of carboxylic acids is 1. The number of anilines is 1. The third-order valence-electron chi connectivity index (χ3n) is 9.26. The molecule has 2 bridgehead atoms. The zero-order chi connectivity index (χ0) is 30.7. The number of allylic oxidation sites excluding steroid dienone is 1. The van der Waals surface area contributed by atoms with E-state index in [2.05, 4.69) is 0 Å². The number of nitrogens with one attached hydrogen (secondary N) is 1. The van der Waals surface area contributed by atoms with Crippen molar-refractivity contribution in [2.75, 3.05) is 24.7 Å². The summed E-state index contributed by atoms with van der Waals surface area (Å²) in [5.41, 5.74) is 2.59. The average molecular weight is 657 g/mol. The molecule has 3 atom stereocenters. The number of fused-ring (bicyclic) bond motifs is 3. The lowest BCUT2D eigenvalue weighted by Gasteiger charge is -2.30. The van der Waals surface area contributed by atoms with Crippen LogP contribution in [0.4, 0.5) is 5.13 Å². The van der Waals surface area contributed by atoms with Gasteiger partial charge in [-0.15, -0.1) is 0 Å². The van der Waals surface area contributed by atoms with Crippen LogP contribution in [0.3, 0.4) is 0 Å². The molecule has 2 saturated carbocycles. The molecule has 4 aliphatic rings. The first-order valence-electron chi connectivity index (χ1n) is 14.9. The van der Waals surface area contributed by atoms with Crippen molar-refractivity contribution < 1.29 is 29.3 Å². The van der Waals surface area contributed by atoms with Gasteiger partial charge in [0.25, 0.3) is 0 Å². The zero-order valence-corrected chi connectivity index (χ0v) is 26.1. The molecule has 3 aromatic rings. The van der Waals surface area contributed by atoms with E-state index >= 15 is 0 Å². The normalized spacial score (nSPS) is 24.3. The molecule has 0 spiro atoms. The second kappa shape index (κ2) is 11.7. The number of aliphatic hydroxyl groups is 1. The van der Waals surface area contributed by atoms with Gasteiger partial charge in [0.15, 0.2) is 5.13 Å². The number of hydrogen-bond donors (Lipinski definition) is 3.